The van der Waals surface area contributed by atoms with Crippen LogP contribution in [0.15, 0.2) is 42.2 Å². The smallest absolute Gasteiger partial charge is 0.312 e. The average Bonchev–Trinajstić information content (AvgIpc) is 3.46. The summed E-state index contributed by atoms with van der Waals surface area (Å²) in [6.45, 7) is 12.0. The van der Waals surface area contributed by atoms with Gasteiger partial charge in [0.05, 0.1) is 53.7 Å². The summed E-state index contributed by atoms with van der Waals surface area (Å²) < 4.78 is 29.5. The Morgan fingerprint density at radius 3 is 2.32 bits per heavy atom. The number of esters is 1. The van der Waals surface area contributed by atoms with Gasteiger partial charge in [-0.1, -0.05) is 45.9 Å². The second kappa shape index (κ2) is 19.0. The van der Waals surface area contributed by atoms with E-state index < -0.39 is 95.5 Å². The number of anilines is 1. The molecule has 9 atom stereocenters. The first-order valence-corrected chi connectivity index (χ1v) is 19.3. The number of allylic oxidation sites excluding steroid dienone is 2. The predicted molar refractivity (Wildman–Crippen MR) is 216 cm³/mol. The number of carbonyl (C=O) groups excluding carboxylic acids is 4. The number of fused-ring (bicyclic) bond motifs is 14. The first kappa shape index (κ1) is 46.1. The van der Waals surface area contributed by atoms with E-state index in [-0.39, 0.29) is 57.6 Å². The molecule has 2 amide bonds. The lowest BCUT2D eigenvalue weighted by Crippen LogP contribution is -2.46. The molecule has 3 aliphatic rings. The van der Waals surface area contributed by atoms with Crippen molar-refractivity contribution in [1.82, 2.24) is 4.90 Å². The molecule has 16 heteroatoms. The number of hydrogen-bond acceptors (Lipinski definition) is 14. The van der Waals surface area contributed by atoms with Crippen LogP contribution in [0.3, 0.4) is 0 Å². The number of aliphatic hydroxyl groups is 2. The lowest BCUT2D eigenvalue weighted by molar-refractivity contribution is -0.160. The van der Waals surface area contributed by atoms with Crippen LogP contribution >= 0.6 is 0 Å². The van der Waals surface area contributed by atoms with Gasteiger partial charge in [-0.15, -0.1) is 0 Å². The number of carbonyl (C=O) groups is 4. The largest absolute Gasteiger partial charge is 0.507 e. The number of rotatable bonds is 7. The Kier molecular flexibility index (Phi) is 14.8. The lowest BCUT2D eigenvalue weighted by atomic mass is 9.78. The molecule has 0 saturated heterocycles. The van der Waals surface area contributed by atoms with Crippen LogP contribution < -0.4 is 14.8 Å². The summed E-state index contributed by atoms with van der Waals surface area (Å²) in [5, 5.41) is 57.2. The number of phenols is 2. The number of ketones is 1. The number of hydrogen-bond donors (Lipinski definition) is 5. The molecule has 0 fully saturated rings. The highest BCUT2D eigenvalue weighted by molar-refractivity contribution is 6.21. The number of phenolic OH excluding ortho intramolecular Hbond substituents is 2. The molecule has 5 N–H and O–H groups in total. The number of aromatic hydroxyl groups is 2. The van der Waals surface area contributed by atoms with Crippen molar-refractivity contribution in [2.75, 3.05) is 32.6 Å². The van der Waals surface area contributed by atoms with Gasteiger partial charge in [0.2, 0.25) is 0 Å². The molecule has 59 heavy (non-hydrogen) atoms. The van der Waals surface area contributed by atoms with Crippen LogP contribution in [0.5, 0.6) is 23.0 Å². The number of amides is 2. The molecule has 5 bridgehead atoms. The summed E-state index contributed by atoms with van der Waals surface area (Å²) in [4.78, 5) is 54.6. The van der Waals surface area contributed by atoms with Gasteiger partial charge in [0.15, 0.2) is 12.4 Å². The van der Waals surface area contributed by atoms with Crippen molar-refractivity contribution in [2.45, 2.75) is 92.0 Å². The van der Waals surface area contributed by atoms with Crippen molar-refractivity contribution in [3.63, 3.8) is 0 Å². The molecule has 0 unspecified atom stereocenters. The predicted octanol–water partition coefficient (Wildman–Crippen LogP) is 4.80. The molecular formula is C43H55N3O13. The van der Waals surface area contributed by atoms with Gasteiger partial charge in [0.1, 0.15) is 23.4 Å². The molecule has 2 aromatic rings. The topological polar surface area (TPSA) is 234 Å². The van der Waals surface area contributed by atoms with Gasteiger partial charge in [-0.25, -0.2) is 0 Å². The minimum absolute atomic E-state index is 0.0478. The second-order valence-corrected chi connectivity index (χ2v) is 15.4. The highest BCUT2D eigenvalue weighted by Gasteiger charge is 2.49. The molecule has 5 rings (SSSR count). The van der Waals surface area contributed by atoms with Gasteiger partial charge in [0.25, 0.3) is 17.6 Å². The minimum atomic E-state index is -2.05. The van der Waals surface area contributed by atoms with Crippen LogP contribution in [-0.4, -0.2) is 106 Å². The van der Waals surface area contributed by atoms with Gasteiger partial charge in [-0.05, 0) is 19.9 Å². The van der Waals surface area contributed by atoms with E-state index in [9.17, 15) is 39.6 Å². The van der Waals surface area contributed by atoms with Crippen LogP contribution in [0.25, 0.3) is 10.8 Å². The van der Waals surface area contributed by atoms with E-state index in [0.29, 0.717) is 0 Å². The third kappa shape index (κ3) is 9.65. The van der Waals surface area contributed by atoms with Gasteiger partial charge < -0.3 is 54.3 Å². The van der Waals surface area contributed by atoms with Crippen molar-refractivity contribution < 1.29 is 63.3 Å². The number of nitriles is 1. The Hall–Kier alpha value is -5.63. The van der Waals surface area contributed by atoms with Crippen LogP contribution in [-0.2, 0) is 28.6 Å². The molecule has 2 aromatic carbocycles. The molecule has 0 aromatic heterocycles. The van der Waals surface area contributed by atoms with Gasteiger partial charge >= 0.3 is 11.8 Å². The quantitative estimate of drug-likeness (QED) is 0.187. The first-order chi connectivity index (χ1) is 27.7. The number of ether oxygens (including phenoxy) is 5. The average molecular weight is 822 g/mol. The Labute approximate surface area is 343 Å². The summed E-state index contributed by atoms with van der Waals surface area (Å²) in [5.41, 5.74) is -0.147. The number of nitrogens with one attached hydrogen (secondary N) is 1. The number of nitrogens with zero attached hydrogens (tertiary/aromatic N) is 2. The van der Waals surface area contributed by atoms with E-state index >= 15 is 0 Å². The maximum Gasteiger partial charge on any atom is 0.312 e. The first-order valence-electron chi connectivity index (χ1n) is 19.3. The van der Waals surface area contributed by atoms with Crippen molar-refractivity contribution in [3.8, 4) is 29.1 Å². The van der Waals surface area contributed by atoms with E-state index in [1.807, 2.05) is 6.07 Å². The van der Waals surface area contributed by atoms with Crippen molar-refractivity contribution in [3.05, 3.63) is 53.3 Å². The van der Waals surface area contributed by atoms with Gasteiger partial charge in [-0.2, -0.15) is 5.26 Å². The normalized spacial score (nSPS) is 29.6. The Balaban J connectivity index is 1.93. The number of likely N-dealkylation sites (N-methyl/N-ethyl adjacent to an activating group) is 1. The molecule has 0 radical (unpaired) electrons. The third-order valence-electron chi connectivity index (χ3n) is 11.2. The standard InChI is InChI=1S/C43H55N3O13/c1-21-13-11-14-22(2)42(54)45-28-19-30(56-20-31(48)46(9)17-12-16-44)32-33(38(28)52)37(51)26(6)40-34(32)41(53)43(8,59-40)57-18-15-29(55-10)23(3)39(58-27(7)47)25(5)36(50)24(4)35(21)49/h11,13-15,18-19,21,23-25,29,35-36,39,49-52H,12,17,20H2,1-10H3,(H,45,54)/b13-11+,18-15+,22-14-/t21-,23-,24-,25-,29+,35-,36+,39-,43+/m1/s1. The highest BCUT2D eigenvalue weighted by Crippen LogP contribution is 2.54. The summed E-state index contributed by atoms with van der Waals surface area (Å²) >= 11 is 0. The van der Waals surface area contributed by atoms with E-state index in [2.05, 4.69) is 5.32 Å². The maximum atomic E-state index is 14.4. The molecule has 320 valence electrons. The second-order valence-electron chi connectivity index (χ2n) is 15.4. The minimum Gasteiger partial charge on any atom is -0.507 e. The zero-order valence-corrected chi connectivity index (χ0v) is 35.1. The van der Waals surface area contributed by atoms with Crippen LogP contribution in [0.1, 0.15) is 70.8 Å². The Morgan fingerprint density at radius 2 is 1.69 bits per heavy atom. The van der Waals surface area contributed by atoms with Crippen molar-refractivity contribution in [1.29, 1.82) is 5.26 Å². The van der Waals surface area contributed by atoms with Crippen molar-refractivity contribution in [2.24, 2.45) is 23.7 Å². The maximum absolute atomic E-state index is 14.4. The fourth-order valence-electron chi connectivity index (χ4n) is 7.34. The summed E-state index contributed by atoms with van der Waals surface area (Å²) in [6.07, 6.45) is 3.51. The fourth-order valence-corrected chi connectivity index (χ4v) is 7.34. The van der Waals surface area contributed by atoms with Gasteiger partial charge in [-0.3, -0.25) is 19.2 Å². The monoisotopic (exact) mass is 821 g/mol. The molecule has 0 spiro atoms. The summed E-state index contributed by atoms with van der Waals surface area (Å²) in [6, 6.07) is 3.18. The van der Waals surface area contributed by atoms with Crippen molar-refractivity contribution >= 4 is 40.0 Å². The van der Waals surface area contributed by atoms with E-state index in [1.165, 1.54) is 71.2 Å². The number of benzene rings is 2. The van der Waals surface area contributed by atoms with E-state index in [0.717, 1.165) is 0 Å². The number of aliphatic hydroxyl groups excluding tert-OH is 2. The van der Waals surface area contributed by atoms with Crippen LogP contribution in [0.2, 0.25) is 0 Å². The van der Waals surface area contributed by atoms with E-state index in [1.54, 1.807) is 39.8 Å². The molecule has 16 nitrogen and oxygen atoms in total. The lowest BCUT2D eigenvalue weighted by Gasteiger charge is -2.38. The fraction of sp³-hybridized carbons (Fsp3) is 0.512. The summed E-state index contributed by atoms with van der Waals surface area (Å²) in [7, 11) is 2.91. The Bertz CT molecular complexity index is 2090. The molecular weight excluding hydrogens is 766 g/mol. The zero-order chi connectivity index (χ0) is 44.1. The van der Waals surface area contributed by atoms with Crippen LogP contribution in [0.4, 0.5) is 5.69 Å². The number of methoxy groups -OCH3 is 1. The molecule has 3 aliphatic heterocycles. The van der Waals surface area contributed by atoms with Gasteiger partial charge in [0, 0.05) is 80.8 Å². The highest BCUT2D eigenvalue weighted by atomic mass is 16.7. The SMILES string of the molecule is CO[C@H]1/C=C/O[C@@]2(C)Oc3c(C)c(O)c4c(O)c(cc(OCC(=O)N(C)CCC#N)c4c3C2=O)NC(=O)/C(C)=C\C=C\[C@@H](C)[C@@H](O)[C@@H](C)[C@H](O)[C@@H](C)[C@H](OC(C)=O)[C@@H]1C. The molecule has 3 heterocycles. The molecule has 0 saturated carbocycles. The summed E-state index contributed by atoms with van der Waals surface area (Å²) in [5.74, 6) is -8.50. The third-order valence-corrected chi connectivity index (χ3v) is 11.2. The number of Topliss-reactive ketones (excluding diaryl/α,β-unsaturated/α-hetero) is 1. The zero-order valence-electron chi connectivity index (χ0n) is 35.1. The molecule has 0 aliphatic carbocycles. The van der Waals surface area contributed by atoms with E-state index in [4.69, 9.17) is 28.9 Å². The van der Waals surface area contributed by atoms with Crippen LogP contribution in [0, 0.1) is 41.9 Å². The Morgan fingerprint density at radius 1 is 1.02 bits per heavy atom.